The molecule has 0 N–H and O–H groups in total. The second kappa shape index (κ2) is 4.97. The normalized spacial score (nSPS) is 10.9. The van der Waals surface area contributed by atoms with Crippen LogP contribution in [-0.2, 0) is 6.54 Å². The van der Waals surface area contributed by atoms with Crippen molar-refractivity contribution < 1.29 is 4.79 Å². The van der Waals surface area contributed by atoms with Crippen LogP contribution in [0.4, 0.5) is 0 Å². The van der Waals surface area contributed by atoms with Gasteiger partial charge >= 0.3 is 0 Å². The van der Waals surface area contributed by atoms with Gasteiger partial charge in [0.05, 0.1) is 0 Å². The van der Waals surface area contributed by atoms with Crippen LogP contribution in [-0.4, -0.2) is 10.9 Å². The Kier molecular flexibility index (Phi) is 3.15. The second-order valence-corrected chi connectivity index (χ2v) is 5.21. The molecule has 0 fully saturated rings. The number of aryl methyl sites for hydroxylation is 1. The Labute approximate surface area is 118 Å². The molecule has 0 radical (unpaired) electrons. The highest BCUT2D eigenvalue weighted by Crippen LogP contribution is 2.26. The van der Waals surface area contributed by atoms with Crippen LogP contribution in [0.25, 0.3) is 10.9 Å². The van der Waals surface area contributed by atoms with Gasteiger partial charge in [0, 0.05) is 28.7 Å². The number of fused-ring (bicyclic) bond motifs is 1. The summed E-state index contributed by atoms with van der Waals surface area (Å²) in [6, 6.07) is 16.6. The highest BCUT2D eigenvalue weighted by molar-refractivity contribution is 5.99. The maximum absolute atomic E-state index is 11.4. The van der Waals surface area contributed by atoms with E-state index in [0.717, 1.165) is 35.0 Å². The lowest BCUT2D eigenvalue weighted by molar-refractivity contribution is 0.112. The van der Waals surface area contributed by atoms with Gasteiger partial charge in [0.1, 0.15) is 0 Å². The standard InChI is InChI=1S/C18H17NO/c1-13-8-9-16-17(12-20)14(2)19(18(16)10-13)11-15-6-4-3-5-7-15/h3-10,12H,11H2,1-2H3. The van der Waals surface area contributed by atoms with Gasteiger partial charge in [-0.15, -0.1) is 0 Å². The molecule has 0 aliphatic carbocycles. The Morgan fingerprint density at radius 3 is 2.50 bits per heavy atom. The average molecular weight is 263 g/mol. The number of benzene rings is 2. The number of hydrogen-bond donors (Lipinski definition) is 0. The SMILES string of the molecule is Cc1ccc2c(C=O)c(C)n(Cc3ccccc3)c2c1. The predicted molar refractivity (Wildman–Crippen MR) is 82.3 cm³/mol. The molecule has 0 atom stereocenters. The summed E-state index contributed by atoms with van der Waals surface area (Å²) >= 11 is 0. The molecular weight excluding hydrogens is 246 g/mol. The van der Waals surface area contributed by atoms with Gasteiger partial charge < -0.3 is 4.57 Å². The van der Waals surface area contributed by atoms with Crippen LogP contribution in [0.15, 0.2) is 48.5 Å². The van der Waals surface area contributed by atoms with Crippen molar-refractivity contribution in [1.82, 2.24) is 4.57 Å². The number of carbonyl (C=O) groups is 1. The van der Waals surface area contributed by atoms with E-state index in [4.69, 9.17) is 0 Å². The lowest BCUT2D eigenvalue weighted by atomic mass is 10.1. The zero-order valence-electron chi connectivity index (χ0n) is 11.8. The van der Waals surface area contributed by atoms with E-state index in [9.17, 15) is 4.79 Å². The van der Waals surface area contributed by atoms with Crippen molar-refractivity contribution in [2.45, 2.75) is 20.4 Å². The number of hydrogen-bond acceptors (Lipinski definition) is 1. The minimum atomic E-state index is 0.792. The van der Waals surface area contributed by atoms with Gasteiger partial charge in [-0.1, -0.05) is 42.5 Å². The zero-order valence-corrected chi connectivity index (χ0v) is 11.8. The fourth-order valence-corrected chi connectivity index (χ4v) is 2.73. The van der Waals surface area contributed by atoms with E-state index in [1.807, 2.05) is 31.2 Å². The van der Waals surface area contributed by atoms with Crippen LogP contribution in [0.3, 0.4) is 0 Å². The largest absolute Gasteiger partial charge is 0.340 e. The summed E-state index contributed by atoms with van der Waals surface area (Å²) in [4.78, 5) is 11.4. The van der Waals surface area contributed by atoms with Crippen molar-refractivity contribution in [3.63, 3.8) is 0 Å². The summed E-state index contributed by atoms with van der Waals surface area (Å²) in [7, 11) is 0. The van der Waals surface area contributed by atoms with Gasteiger partial charge in [-0.25, -0.2) is 0 Å². The fourth-order valence-electron chi connectivity index (χ4n) is 2.73. The van der Waals surface area contributed by atoms with Crippen LogP contribution in [0.1, 0.15) is 27.2 Å². The Morgan fingerprint density at radius 1 is 1.05 bits per heavy atom. The molecule has 0 saturated heterocycles. The van der Waals surface area contributed by atoms with Crippen LogP contribution in [0.5, 0.6) is 0 Å². The third-order valence-electron chi connectivity index (χ3n) is 3.83. The summed E-state index contributed by atoms with van der Waals surface area (Å²) in [5, 5.41) is 1.04. The minimum absolute atomic E-state index is 0.792. The molecule has 2 heteroatoms. The number of carbonyl (C=O) groups excluding carboxylic acids is 1. The maximum atomic E-state index is 11.4. The van der Waals surface area contributed by atoms with E-state index in [1.54, 1.807) is 0 Å². The van der Waals surface area contributed by atoms with Crippen molar-refractivity contribution >= 4 is 17.2 Å². The third-order valence-corrected chi connectivity index (χ3v) is 3.83. The molecule has 0 aliphatic heterocycles. The van der Waals surface area contributed by atoms with E-state index >= 15 is 0 Å². The topological polar surface area (TPSA) is 22.0 Å². The number of aromatic nitrogens is 1. The van der Waals surface area contributed by atoms with E-state index in [-0.39, 0.29) is 0 Å². The lowest BCUT2D eigenvalue weighted by Crippen LogP contribution is -2.02. The molecule has 0 saturated carbocycles. The number of nitrogens with zero attached hydrogens (tertiary/aromatic N) is 1. The molecule has 1 aromatic heterocycles. The van der Waals surface area contributed by atoms with E-state index in [2.05, 4.69) is 35.8 Å². The molecule has 20 heavy (non-hydrogen) atoms. The molecule has 2 aromatic carbocycles. The number of aldehydes is 1. The Bertz CT molecular complexity index is 769. The fraction of sp³-hybridized carbons (Fsp3) is 0.167. The van der Waals surface area contributed by atoms with Gasteiger partial charge in [0.2, 0.25) is 0 Å². The smallest absolute Gasteiger partial charge is 0.152 e. The molecule has 0 aliphatic rings. The maximum Gasteiger partial charge on any atom is 0.152 e. The first kappa shape index (κ1) is 12.7. The first-order chi connectivity index (χ1) is 9.70. The van der Waals surface area contributed by atoms with Crippen LogP contribution in [0.2, 0.25) is 0 Å². The molecule has 3 aromatic rings. The Hall–Kier alpha value is -2.35. The summed E-state index contributed by atoms with van der Waals surface area (Å²) in [5.74, 6) is 0. The van der Waals surface area contributed by atoms with Crippen molar-refractivity contribution in [2.24, 2.45) is 0 Å². The molecule has 0 amide bonds. The first-order valence-corrected chi connectivity index (χ1v) is 6.79. The Balaban J connectivity index is 2.21. The van der Waals surface area contributed by atoms with Crippen LogP contribution in [0, 0.1) is 13.8 Å². The predicted octanol–water partition coefficient (Wildman–Crippen LogP) is 4.12. The summed E-state index contributed by atoms with van der Waals surface area (Å²) in [6.45, 7) is 4.89. The van der Waals surface area contributed by atoms with E-state index < -0.39 is 0 Å². The summed E-state index contributed by atoms with van der Waals surface area (Å²) in [5.41, 5.74) is 5.42. The molecule has 0 spiro atoms. The first-order valence-electron chi connectivity index (χ1n) is 6.79. The third kappa shape index (κ3) is 2.03. The van der Waals surface area contributed by atoms with E-state index in [0.29, 0.717) is 0 Å². The van der Waals surface area contributed by atoms with Crippen LogP contribution >= 0.6 is 0 Å². The van der Waals surface area contributed by atoms with Crippen molar-refractivity contribution in [2.75, 3.05) is 0 Å². The summed E-state index contributed by atoms with van der Waals surface area (Å²) < 4.78 is 2.22. The highest BCUT2D eigenvalue weighted by Gasteiger charge is 2.13. The van der Waals surface area contributed by atoms with E-state index in [1.165, 1.54) is 11.1 Å². The van der Waals surface area contributed by atoms with Crippen molar-refractivity contribution in [3.05, 3.63) is 70.9 Å². The summed E-state index contributed by atoms with van der Waals surface area (Å²) in [6.07, 6.45) is 0.967. The molecule has 1 heterocycles. The molecule has 2 nitrogen and oxygen atoms in total. The molecular formula is C18H17NO. The van der Waals surface area contributed by atoms with Gasteiger partial charge in [-0.2, -0.15) is 0 Å². The van der Waals surface area contributed by atoms with Crippen molar-refractivity contribution in [3.8, 4) is 0 Å². The minimum Gasteiger partial charge on any atom is -0.340 e. The molecule has 0 bridgehead atoms. The van der Waals surface area contributed by atoms with Gasteiger partial charge in [-0.3, -0.25) is 4.79 Å². The second-order valence-electron chi connectivity index (χ2n) is 5.21. The number of rotatable bonds is 3. The monoisotopic (exact) mass is 263 g/mol. The Morgan fingerprint density at radius 2 is 1.80 bits per heavy atom. The highest BCUT2D eigenvalue weighted by atomic mass is 16.1. The average Bonchev–Trinajstić information content (AvgIpc) is 2.72. The van der Waals surface area contributed by atoms with Gasteiger partial charge in [-0.05, 0) is 31.0 Å². The van der Waals surface area contributed by atoms with Gasteiger partial charge in [0.15, 0.2) is 6.29 Å². The molecule has 100 valence electrons. The quantitative estimate of drug-likeness (QED) is 0.651. The zero-order chi connectivity index (χ0) is 14.1. The molecule has 0 unspecified atom stereocenters. The lowest BCUT2D eigenvalue weighted by Gasteiger charge is -2.09. The van der Waals surface area contributed by atoms with Gasteiger partial charge in [0.25, 0.3) is 0 Å². The van der Waals surface area contributed by atoms with Crippen molar-refractivity contribution in [1.29, 1.82) is 0 Å². The van der Waals surface area contributed by atoms with Crippen LogP contribution < -0.4 is 0 Å². The molecule has 3 rings (SSSR count).